The zero-order chi connectivity index (χ0) is 9.68. The summed E-state index contributed by atoms with van der Waals surface area (Å²) in [7, 11) is 0. The second kappa shape index (κ2) is 4.25. The second-order valence-corrected chi connectivity index (χ2v) is 2.60. The maximum absolute atomic E-state index is 11.3. The molecule has 4 heteroatoms. The van der Waals surface area contributed by atoms with Gasteiger partial charge in [0.1, 0.15) is 0 Å². The Kier molecular flexibility index (Phi) is 3.03. The average molecular weight is 177 g/mol. The number of carbonyl (C=O) groups is 1. The van der Waals surface area contributed by atoms with Gasteiger partial charge in [-0.2, -0.15) is 0 Å². The first-order chi connectivity index (χ1) is 6.20. The lowest BCUT2D eigenvalue weighted by molar-refractivity contribution is 0.0939. The maximum Gasteiger partial charge on any atom is 0.269 e. The number of pyridine rings is 1. The number of amides is 1. The fourth-order valence-corrected chi connectivity index (χ4v) is 0.739. The van der Waals surface area contributed by atoms with Crippen molar-refractivity contribution in [2.24, 2.45) is 0 Å². The number of nitrogens with one attached hydrogen (secondary N) is 2. The molecule has 68 valence electrons. The van der Waals surface area contributed by atoms with E-state index in [4.69, 9.17) is 0 Å². The van der Waals surface area contributed by atoms with Gasteiger partial charge in [-0.3, -0.25) is 15.2 Å². The molecule has 1 aromatic rings. The smallest absolute Gasteiger partial charge is 0.269 e. The van der Waals surface area contributed by atoms with Crippen LogP contribution in [-0.2, 0) is 0 Å². The van der Waals surface area contributed by atoms with Gasteiger partial charge in [0.25, 0.3) is 5.91 Å². The van der Waals surface area contributed by atoms with Gasteiger partial charge in [0.2, 0.25) is 0 Å². The molecule has 0 unspecified atom stereocenters. The molecule has 0 radical (unpaired) electrons. The predicted molar refractivity (Wildman–Crippen MR) is 49.7 cm³/mol. The van der Waals surface area contributed by atoms with Gasteiger partial charge in [-0.1, -0.05) is 6.58 Å². The summed E-state index contributed by atoms with van der Waals surface area (Å²) in [6.45, 7) is 5.34. The highest BCUT2D eigenvalue weighted by Crippen LogP contribution is 1.94. The molecule has 0 aromatic carbocycles. The lowest BCUT2D eigenvalue weighted by Gasteiger charge is -2.06. The molecule has 1 heterocycles. The van der Waals surface area contributed by atoms with Crippen molar-refractivity contribution < 1.29 is 4.79 Å². The highest BCUT2D eigenvalue weighted by molar-refractivity contribution is 5.93. The molecule has 1 amide bonds. The van der Waals surface area contributed by atoms with E-state index in [1.165, 1.54) is 0 Å². The molecule has 0 bridgehead atoms. The van der Waals surface area contributed by atoms with Crippen LogP contribution in [0.15, 0.2) is 36.8 Å². The number of allylic oxidation sites excluding steroid dienone is 1. The van der Waals surface area contributed by atoms with Gasteiger partial charge in [0, 0.05) is 23.7 Å². The molecule has 0 fully saturated rings. The van der Waals surface area contributed by atoms with E-state index in [2.05, 4.69) is 22.4 Å². The van der Waals surface area contributed by atoms with E-state index >= 15 is 0 Å². The van der Waals surface area contributed by atoms with Gasteiger partial charge < -0.3 is 5.43 Å². The third-order valence-electron chi connectivity index (χ3n) is 1.33. The van der Waals surface area contributed by atoms with Crippen LogP contribution in [-0.4, -0.2) is 10.9 Å². The van der Waals surface area contributed by atoms with Crippen LogP contribution in [0.25, 0.3) is 0 Å². The summed E-state index contributed by atoms with van der Waals surface area (Å²) >= 11 is 0. The van der Waals surface area contributed by atoms with Crippen molar-refractivity contribution in [1.82, 2.24) is 15.8 Å². The van der Waals surface area contributed by atoms with Crippen LogP contribution >= 0.6 is 0 Å². The SMILES string of the molecule is C=C(C)NNC(=O)c1ccncc1. The Balaban J connectivity index is 2.54. The van der Waals surface area contributed by atoms with Crippen molar-refractivity contribution in [3.05, 3.63) is 42.4 Å². The highest BCUT2D eigenvalue weighted by Gasteiger charge is 2.01. The standard InChI is InChI=1S/C9H11N3O/c1-7(2)11-12-9(13)8-3-5-10-6-4-8/h3-6,11H,1H2,2H3,(H,12,13). The minimum Gasteiger partial charge on any atom is -0.303 e. The number of carbonyl (C=O) groups excluding carboxylic acids is 1. The van der Waals surface area contributed by atoms with Crippen LogP contribution in [0.4, 0.5) is 0 Å². The maximum atomic E-state index is 11.3. The molecular weight excluding hydrogens is 166 g/mol. The van der Waals surface area contributed by atoms with Crippen LogP contribution < -0.4 is 10.9 Å². The van der Waals surface area contributed by atoms with Gasteiger partial charge in [-0.25, -0.2) is 0 Å². The zero-order valence-corrected chi connectivity index (χ0v) is 7.37. The van der Waals surface area contributed by atoms with E-state index in [1.54, 1.807) is 31.5 Å². The quantitative estimate of drug-likeness (QED) is 0.673. The third kappa shape index (κ3) is 2.94. The van der Waals surface area contributed by atoms with E-state index in [0.717, 1.165) is 0 Å². The van der Waals surface area contributed by atoms with Crippen LogP contribution in [0, 0.1) is 0 Å². The van der Waals surface area contributed by atoms with Crippen molar-refractivity contribution >= 4 is 5.91 Å². The third-order valence-corrected chi connectivity index (χ3v) is 1.33. The van der Waals surface area contributed by atoms with Crippen molar-refractivity contribution in [2.45, 2.75) is 6.92 Å². The van der Waals surface area contributed by atoms with E-state index in [1.807, 2.05) is 0 Å². The van der Waals surface area contributed by atoms with E-state index in [-0.39, 0.29) is 5.91 Å². The Hall–Kier alpha value is -1.84. The molecule has 4 nitrogen and oxygen atoms in total. The lowest BCUT2D eigenvalue weighted by atomic mass is 10.3. The predicted octanol–water partition coefficient (Wildman–Crippen LogP) is 0.850. The molecule has 1 rings (SSSR count). The Labute approximate surface area is 76.7 Å². The summed E-state index contributed by atoms with van der Waals surface area (Å²) in [5.74, 6) is -0.203. The minimum atomic E-state index is -0.203. The molecule has 0 spiro atoms. The fourth-order valence-electron chi connectivity index (χ4n) is 0.739. The number of rotatable bonds is 3. The summed E-state index contributed by atoms with van der Waals surface area (Å²) in [4.78, 5) is 15.1. The van der Waals surface area contributed by atoms with Gasteiger partial charge in [-0.05, 0) is 19.1 Å². The monoisotopic (exact) mass is 177 g/mol. The summed E-state index contributed by atoms with van der Waals surface area (Å²) in [5.41, 5.74) is 6.35. The first-order valence-electron chi connectivity index (χ1n) is 3.82. The van der Waals surface area contributed by atoms with E-state index < -0.39 is 0 Å². The molecule has 2 N–H and O–H groups in total. The molecule has 0 atom stereocenters. The number of hydrogen-bond acceptors (Lipinski definition) is 3. The van der Waals surface area contributed by atoms with Crippen LogP contribution in [0.3, 0.4) is 0 Å². The summed E-state index contributed by atoms with van der Waals surface area (Å²) in [6, 6.07) is 3.27. The topological polar surface area (TPSA) is 54.0 Å². The fraction of sp³-hybridized carbons (Fsp3) is 0.111. The summed E-state index contributed by atoms with van der Waals surface area (Å²) < 4.78 is 0. The minimum absolute atomic E-state index is 0.203. The number of nitrogens with zero attached hydrogens (tertiary/aromatic N) is 1. The van der Waals surface area contributed by atoms with Gasteiger partial charge in [0.05, 0.1) is 0 Å². The van der Waals surface area contributed by atoms with E-state index in [0.29, 0.717) is 11.3 Å². The molecule has 0 aliphatic rings. The largest absolute Gasteiger partial charge is 0.303 e. The average Bonchev–Trinajstić information content (AvgIpc) is 2.15. The first-order valence-corrected chi connectivity index (χ1v) is 3.82. The van der Waals surface area contributed by atoms with Crippen LogP contribution in [0.1, 0.15) is 17.3 Å². The molecule has 0 aliphatic heterocycles. The van der Waals surface area contributed by atoms with Gasteiger partial charge in [-0.15, -0.1) is 0 Å². The zero-order valence-electron chi connectivity index (χ0n) is 7.37. The second-order valence-electron chi connectivity index (χ2n) is 2.60. The van der Waals surface area contributed by atoms with Crippen molar-refractivity contribution in [3.63, 3.8) is 0 Å². The highest BCUT2D eigenvalue weighted by atomic mass is 16.2. The van der Waals surface area contributed by atoms with E-state index in [9.17, 15) is 4.79 Å². The van der Waals surface area contributed by atoms with Crippen molar-refractivity contribution in [3.8, 4) is 0 Å². The molecule has 0 aliphatic carbocycles. The van der Waals surface area contributed by atoms with Gasteiger partial charge >= 0.3 is 0 Å². The Morgan fingerprint density at radius 2 is 2.00 bits per heavy atom. The van der Waals surface area contributed by atoms with Crippen molar-refractivity contribution in [2.75, 3.05) is 0 Å². The Morgan fingerprint density at radius 3 is 2.54 bits per heavy atom. The molecule has 0 saturated heterocycles. The lowest BCUT2D eigenvalue weighted by Crippen LogP contribution is -2.35. The summed E-state index contributed by atoms with van der Waals surface area (Å²) in [6.07, 6.45) is 3.13. The van der Waals surface area contributed by atoms with Gasteiger partial charge in [0.15, 0.2) is 0 Å². The summed E-state index contributed by atoms with van der Waals surface area (Å²) in [5, 5.41) is 0. The van der Waals surface area contributed by atoms with Crippen molar-refractivity contribution in [1.29, 1.82) is 0 Å². The molecule has 0 saturated carbocycles. The first kappa shape index (κ1) is 9.25. The Morgan fingerprint density at radius 1 is 1.38 bits per heavy atom. The van der Waals surface area contributed by atoms with Crippen LogP contribution in [0.2, 0.25) is 0 Å². The Bertz CT molecular complexity index is 308. The number of hydrogen-bond donors (Lipinski definition) is 2. The normalized spacial score (nSPS) is 9.00. The van der Waals surface area contributed by atoms with Crippen LogP contribution in [0.5, 0.6) is 0 Å². The molecule has 1 aromatic heterocycles. The number of aromatic nitrogens is 1. The molecule has 13 heavy (non-hydrogen) atoms. The molecular formula is C9H11N3O. The number of hydrazine groups is 1.